The molecule has 1 atom stereocenters. The van der Waals surface area contributed by atoms with Gasteiger partial charge < -0.3 is 10.6 Å². The van der Waals surface area contributed by atoms with E-state index in [9.17, 15) is 4.79 Å². The van der Waals surface area contributed by atoms with Crippen molar-refractivity contribution < 1.29 is 4.79 Å². The van der Waals surface area contributed by atoms with Crippen LogP contribution in [0, 0.1) is 5.92 Å². The van der Waals surface area contributed by atoms with Crippen molar-refractivity contribution in [3.8, 4) is 0 Å². The fraction of sp³-hybridized carbons (Fsp3) is 0.438. The number of carbonyl (C=O) groups is 1. The molecule has 0 heterocycles. The lowest BCUT2D eigenvalue weighted by Crippen LogP contribution is -2.22. The molecule has 1 amide bonds. The fourth-order valence-electron chi connectivity index (χ4n) is 2.72. The second kappa shape index (κ2) is 5.57. The molecule has 3 heteroatoms. The highest BCUT2D eigenvalue weighted by Crippen LogP contribution is 2.38. The summed E-state index contributed by atoms with van der Waals surface area (Å²) >= 11 is 0. The molecular weight excluding hydrogens is 236 g/mol. The molecule has 2 rings (SSSR count). The van der Waals surface area contributed by atoms with Crippen LogP contribution >= 0.6 is 0 Å². The van der Waals surface area contributed by atoms with Gasteiger partial charge >= 0.3 is 0 Å². The van der Waals surface area contributed by atoms with Crippen LogP contribution < -0.4 is 5.73 Å². The largest absolute Gasteiger partial charge is 0.369 e. The number of primary amides is 1. The molecule has 0 saturated heterocycles. The van der Waals surface area contributed by atoms with Crippen molar-refractivity contribution in [1.29, 1.82) is 0 Å². The fourth-order valence-corrected chi connectivity index (χ4v) is 2.72. The minimum Gasteiger partial charge on any atom is -0.369 e. The Labute approximate surface area is 115 Å². The van der Waals surface area contributed by atoms with Gasteiger partial charge in [0.15, 0.2) is 0 Å². The first-order valence-electron chi connectivity index (χ1n) is 6.75. The Hall–Kier alpha value is -1.61. The number of benzene rings is 1. The Morgan fingerprint density at radius 2 is 2.05 bits per heavy atom. The third-order valence-electron chi connectivity index (χ3n) is 3.81. The van der Waals surface area contributed by atoms with Crippen molar-refractivity contribution in [2.45, 2.75) is 19.8 Å². The zero-order valence-electron chi connectivity index (χ0n) is 11.9. The molecule has 0 aromatic heterocycles. The maximum atomic E-state index is 11.6. The second-order valence-electron chi connectivity index (χ2n) is 5.53. The first-order chi connectivity index (χ1) is 9.00. The molecule has 0 bridgehead atoms. The normalized spacial score (nSPS) is 15.8. The number of nitrogens with zero attached hydrogens (tertiary/aromatic N) is 1. The molecule has 0 aliphatic heterocycles. The van der Waals surface area contributed by atoms with E-state index >= 15 is 0 Å². The van der Waals surface area contributed by atoms with Crippen LogP contribution in [0.4, 0.5) is 0 Å². The zero-order valence-corrected chi connectivity index (χ0v) is 11.9. The van der Waals surface area contributed by atoms with Crippen molar-refractivity contribution in [2.24, 2.45) is 11.7 Å². The molecule has 102 valence electrons. The van der Waals surface area contributed by atoms with Crippen LogP contribution in [0.5, 0.6) is 0 Å². The van der Waals surface area contributed by atoms with Gasteiger partial charge in [-0.2, -0.15) is 0 Å². The van der Waals surface area contributed by atoms with Crippen molar-refractivity contribution in [2.75, 3.05) is 20.6 Å². The standard InChI is InChI=1S/C16H22N2O/c1-11(16(17)19)15-13(8-9-18(2)3)10-12-6-4-5-7-14(12)15/h4-7,11H,8-10H2,1-3H3,(H2,17,19). The maximum Gasteiger partial charge on any atom is 0.224 e. The van der Waals surface area contributed by atoms with Crippen molar-refractivity contribution in [3.05, 3.63) is 41.0 Å². The average Bonchev–Trinajstić information content (AvgIpc) is 2.73. The van der Waals surface area contributed by atoms with E-state index in [1.807, 2.05) is 13.0 Å². The van der Waals surface area contributed by atoms with Gasteiger partial charge in [-0.05, 0) is 50.6 Å². The number of hydrogen-bond donors (Lipinski definition) is 1. The van der Waals surface area contributed by atoms with Crippen LogP contribution in [-0.2, 0) is 11.2 Å². The van der Waals surface area contributed by atoms with Gasteiger partial charge in [0.05, 0.1) is 5.92 Å². The molecule has 1 aromatic rings. The van der Waals surface area contributed by atoms with E-state index in [4.69, 9.17) is 5.73 Å². The average molecular weight is 258 g/mol. The van der Waals surface area contributed by atoms with E-state index in [2.05, 4.69) is 37.2 Å². The third kappa shape index (κ3) is 2.87. The van der Waals surface area contributed by atoms with Crippen LogP contribution in [0.2, 0.25) is 0 Å². The number of fused-ring (bicyclic) bond motifs is 1. The van der Waals surface area contributed by atoms with Gasteiger partial charge in [0.1, 0.15) is 0 Å². The number of hydrogen-bond acceptors (Lipinski definition) is 2. The van der Waals surface area contributed by atoms with Crippen LogP contribution in [0.25, 0.3) is 5.57 Å². The highest BCUT2D eigenvalue weighted by Gasteiger charge is 2.27. The van der Waals surface area contributed by atoms with E-state index in [1.54, 1.807) is 0 Å². The first kappa shape index (κ1) is 13.8. The summed E-state index contributed by atoms with van der Waals surface area (Å²) in [6.07, 6.45) is 1.95. The quantitative estimate of drug-likeness (QED) is 0.879. The van der Waals surface area contributed by atoms with Gasteiger partial charge in [0, 0.05) is 6.54 Å². The van der Waals surface area contributed by atoms with Gasteiger partial charge in [-0.25, -0.2) is 0 Å². The lowest BCUT2D eigenvalue weighted by molar-refractivity contribution is -0.119. The van der Waals surface area contributed by atoms with E-state index in [1.165, 1.54) is 16.7 Å². The number of nitrogens with two attached hydrogens (primary N) is 1. The van der Waals surface area contributed by atoms with E-state index in [0.717, 1.165) is 25.0 Å². The molecule has 0 radical (unpaired) electrons. The van der Waals surface area contributed by atoms with Crippen LogP contribution in [0.1, 0.15) is 24.5 Å². The molecule has 0 spiro atoms. The van der Waals surface area contributed by atoms with E-state index < -0.39 is 0 Å². The Bertz CT molecular complexity index is 517. The predicted octanol–water partition coefficient (Wildman–Crippen LogP) is 2.07. The summed E-state index contributed by atoms with van der Waals surface area (Å²) in [6, 6.07) is 8.33. The Morgan fingerprint density at radius 1 is 1.37 bits per heavy atom. The highest BCUT2D eigenvalue weighted by atomic mass is 16.1. The summed E-state index contributed by atoms with van der Waals surface area (Å²) in [5, 5.41) is 0. The lowest BCUT2D eigenvalue weighted by Gasteiger charge is -2.15. The molecule has 1 aliphatic rings. The smallest absolute Gasteiger partial charge is 0.224 e. The predicted molar refractivity (Wildman–Crippen MR) is 78.6 cm³/mol. The maximum absolute atomic E-state index is 11.6. The highest BCUT2D eigenvalue weighted by molar-refractivity contribution is 5.93. The van der Waals surface area contributed by atoms with Gasteiger partial charge in [0.25, 0.3) is 0 Å². The number of carbonyl (C=O) groups excluding carboxylic acids is 1. The summed E-state index contributed by atoms with van der Waals surface area (Å²) in [5.74, 6) is -0.449. The Morgan fingerprint density at radius 3 is 2.68 bits per heavy atom. The SMILES string of the molecule is CC(C(N)=O)C1=C(CCN(C)C)Cc2ccccc21. The first-order valence-corrected chi connectivity index (χ1v) is 6.75. The zero-order chi connectivity index (χ0) is 14.0. The van der Waals surface area contributed by atoms with Gasteiger partial charge in [-0.3, -0.25) is 4.79 Å². The molecule has 1 unspecified atom stereocenters. The summed E-state index contributed by atoms with van der Waals surface area (Å²) in [6.45, 7) is 2.91. The molecule has 1 aromatic carbocycles. The number of amides is 1. The van der Waals surface area contributed by atoms with Crippen molar-refractivity contribution >= 4 is 11.5 Å². The van der Waals surface area contributed by atoms with Gasteiger partial charge in [-0.15, -0.1) is 0 Å². The van der Waals surface area contributed by atoms with Gasteiger partial charge in [0.2, 0.25) is 5.91 Å². The molecular formula is C16H22N2O. The van der Waals surface area contributed by atoms with E-state index in [-0.39, 0.29) is 11.8 Å². The topological polar surface area (TPSA) is 46.3 Å². The summed E-state index contributed by atoms with van der Waals surface area (Å²) in [5.41, 5.74) is 10.6. The summed E-state index contributed by atoms with van der Waals surface area (Å²) < 4.78 is 0. The minimum absolute atomic E-state index is 0.208. The van der Waals surface area contributed by atoms with Crippen LogP contribution in [0.15, 0.2) is 29.8 Å². The lowest BCUT2D eigenvalue weighted by atomic mass is 9.92. The molecule has 2 N–H and O–H groups in total. The van der Waals surface area contributed by atoms with Gasteiger partial charge in [-0.1, -0.05) is 29.8 Å². The second-order valence-corrected chi connectivity index (χ2v) is 5.53. The monoisotopic (exact) mass is 258 g/mol. The molecule has 3 nitrogen and oxygen atoms in total. The molecule has 0 saturated carbocycles. The van der Waals surface area contributed by atoms with E-state index in [0.29, 0.717) is 0 Å². The van der Waals surface area contributed by atoms with Crippen molar-refractivity contribution in [1.82, 2.24) is 4.90 Å². The summed E-state index contributed by atoms with van der Waals surface area (Å²) in [4.78, 5) is 13.7. The molecule has 19 heavy (non-hydrogen) atoms. The summed E-state index contributed by atoms with van der Waals surface area (Å²) in [7, 11) is 4.14. The van der Waals surface area contributed by atoms with Crippen LogP contribution in [0.3, 0.4) is 0 Å². The molecule has 0 fully saturated rings. The Balaban J connectivity index is 2.35. The number of rotatable bonds is 5. The Kier molecular flexibility index (Phi) is 4.05. The van der Waals surface area contributed by atoms with Crippen molar-refractivity contribution in [3.63, 3.8) is 0 Å². The minimum atomic E-state index is -0.242. The van der Waals surface area contributed by atoms with Crippen LogP contribution in [-0.4, -0.2) is 31.4 Å². The third-order valence-corrected chi connectivity index (χ3v) is 3.81. The molecule has 1 aliphatic carbocycles.